The molecule has 0 spiro atoms. The van der Waals surface area contributed by atoms with Gasteiger partial charge in [0.05, 0.1) is 11.1 Å². The van der Waals surface area contributed by atoms with Crippen LogP contribution in [0.1, 0.15) is 18.9 Å². The third-order valence-electron chi connectivity index (χ3n) is 3.67. The number of β-amino-alcohol motifs (C(OH)–C–C–N with tert-alkyl or cyclic N) is 1. The quantitative estimate of drug-likeness (QED) is 0.900. The fourth-order valence-corrected chi connectivity index (χ4v) is 2.76. The van der Waals surface area contributed by atoms with Gasteiger partial charge >= 0.3 is 0 Å². The van der Waals surface area contributed by atoms with Crippen molar-refractivity contribution in [2.24, 2.45) is 0 Å². The Labute approximate surface area is 111 Å². The van der Waals surface area contributed by atoms with Crippen molar-refractivity contribution in [2.75, 3.05) is 13.1 Å². The van der Waals surface area contributed by atoms with Crippen LogP contribution in [0.25, 0.3) is 10.9 Å². The number of aromatic nitrogens is 1. The van der Waals surface area contributed by atoms with Crippen LogP contribution in [-0.2, 0) is 6.54 Å². The number of benzene rings is 1. The van der Waals surface area contributed by atoms with E-state index < -0.39 is 5.60 Å². The van der Waals surface area contributed by atoms with Crippen LogP contribution in [0.4, 0.5) is 4.39 Å². The first kappa shape index (κ1) is 12.5. The van der Waals surface area contributed by atoms with Crippen LogP contribution in [0.3, 0.4) is 0 Å². The standard InChI is InChI=1S/C15H17FN2O/c1-15(19)4-6-18(10-15)9-12-8-13(16)7-11-3-2-5-17-14(11)12/h2-3,5,7-8,19H,4,6,9-10H2,1H3. The minimum Gasteiger partial charge on any atom is -0.389 e. The fourth-order valence-electron chi connectivity index (χ4n) is 2.76. The van der Waals surface area contributed by atoms with Crippen LogP contribution in [0.5, 0.6) is 0 Å². The molecule has 3 rings (SSSR count). The SMILES string of the molecule is CC1(O)CCN(Cc2cc(F)cc3cccnc23)C1. The number of aliphatic hydroxyl groups is 1. The lowest BCUT2D eigenvalue weighted by Crippen LogP contribution is -2.29. The van der Waals surface area contributed by atoms with Gasteiger partial charge in [-0.3, -0.25) is 9.88 Å². The largest absolute Gasteiger partial charge is 0.389 e. The lowest BCUT2D eigenvalue weighted by atomic mass is 10.1. The summed E-state index contributed by atoms with van der Waals surface area (Å²) >= 11 is 0. The predicted molar refractivity (Wildman–Crippen MR) is 72.2 cm³/mol. The third-order valence-corrected chi connectivity index (χ3v) is 3.67. The predicted octanol–water partition coefficient (Wildman–Crippen LogP) is 2.33. The van der Waals surface area contributed by atoms with Crippen molar-refractivity contribution in [3.05, 3.63) is 41.8 Å². The van der Waals surface area contributed by atoms with Gasteiger partial charge in [-0.25, -0.2) is 4.39 Å². The molecule has 0 amide bonds. The molecule has 0 bridgehead atoms. The molecule has 1 unspecified atom stereocenters. The summed E-state index contributed by atoms with van der Waals surface area (Å²) in [5.74, 6) is -0.235. The molecule has 3 nitrogen and oxygen atoms in total. The third kappa shape index (κ3) is 2.60. The number of halogens is 1. The van der Waals surface area contributed by atoms with Crippen LogP contribution in [0, 0.1) is 5.82 Å². The van der Waals surface area contributed by atoms with Gasteiger partial charge in [-0.2, -0.15) is 0 Å². The first-order chi connectivity index (χ1) is 9.03. The highest BCUT2D eigenvalue weighted by molar-refractivity contribution is 5.81. The molecule has 19 heavy (non-hydrogen) atoms. The monoisotopic (exact) mass is 260 g/mol. The number of hydrogen-bond donors (Lipinski definition) is 1. The van der Waals surface area contributed by atoms with Gasteiger partial charge in [0.15, 0.2) is 0 Å². The summed E-state index contributed by atoms with van der Waals surface area (Å²) in [7, 11) is 0. The van der Waals surface area contributed by atoms with Crippen LogP contribution >= 0.6 is 0 Å². The second-order valence-electron chi connectivity index (χ2n) is 5.60. The molecule has 100 valence electrons. The molecule has 1 aromatic heterocycles. The molecule has 1 saturated heterocycles. The highest BCUT2D eigenvalue weighted by Crippen LogP contribution is 2.25. The Hall–Kier alpha value is -1.52. The van der Waals surface area contributed by atoms with E-state index >= 15 is 0 Å². The minimum atomic E-state index is -0.628. The first-order valence-electron chi connectivity index (χ1n) is 6.51. The van der Waals surface area contributed by atoms with Gasteiger partial charge in [-0.05, 0) is 37.1 Å². The molecular formula is C15H17FN2O. The van der Waals surface area contributed by atoms with Crippen molar-refractivity contribution in [1.29, 1.82) is 0 Å². The van der Waals surface area contributed by atoms with Gasteiger partial charge in [-0.1, -0.05) is 6.07 Å². The molecule has 1 aliphatic heterocycles. The minimum absolute atomic E-state index is 0.235. The number of hydrogen-bond acceptors (Lipinski definition) is 3. The van der Waals surface area contributed by atoms with E-state index in [1.807, 2.05) is 19.1 Å². The summed E-state index contributed by atoms with van der Waals surface area (Å²) in [6.07, 6.45) is 2.48. The Bertz CT molecular complexity index is 612. The highest BCUT2D eigenvalue weighted by Gasteiger charge is 2.31. The summed E-state index contributed by atoms with van der Waals surface area (Å²) in [5.41, 5.74) is 1.10. The van der Waals surface area contributed by atoms with E-state index in [4.69, 9.17) is 0 Å². The molecule has 2 heterocycles. The van der Waals surface area contributed by atoms with Crippen molar-refractivity contribution in [3.63, 3.8) is 0 Å². The van der Waals surface area contributed by atoms with Gasteiger partial charge < -0.3 is 5.11 Å². The van der Waals surface area contributed by atoms with E-state index in [1.165, 1.54) is 6.07 Å². The summed E-state index contributed by atoms with van der Waals surface area (Å²) in [6, 6.07) is 6.73. The Morgan fingerprint density at radius 1 is 1.47 bits per heavy atom. The number of nitrogens with zero attached hydrogens (tertiary/aromatic N) is 2. The van der Waals surface area contributed by atoms with E-state index in [0.717, 1.165) is 29.4 Å². The molecule has 0 radical (unpaired) electrons. The second kappa shape index (κ2) is 4.54. The van der Waals surface area contributed by atoms with Crippen molar-refractivity contribution in [1.82, 2.24) is 9.88 Å². The van der Waals surface area contributed by atoms with E-state index in [0.29, 0.717) is 13.1 Å². The molecule has 1 fully saturated rings. The van der Waals surface area contributed by atoms with Gasteiger partial charge in [0, 0.05) is 31.2 Å². The van der Waals surface area contributed by atoms with Gasteiger partial charge in [0.1, 0.15) is 5.82 Å². The van der Waals surface area contributed by atoms with Gasteiger partial charge in [0.25, 0.3) is 0 Å². The zero-order valence-corrected chi connectivity index (χ0v) is 10.9. The van der Waals surface area contributed by atoms with Crippen molar-refractivity contribution in [3.8, 4) is 0 Å². The maximum atomic E-state index is 13.6. The van der Waals surface area contributed by atoms with Crippen LogP contribution < -0.4 is 0 Å². The Balaban J connectivity index is 1.92. The van der Waals surface area contributed by atoms with Crippen LogP contribution in [0.15, 0.2) is 30.5 Å². The Morgan fingerprint density at radius 2 is 2.32 bits per heavy atom. The fraction of sp³-hybridized carbons (Fsp3) is 0.400. The number of pyridine rings is 1. The molecule has 1 aliphatic rings. The van der Waals surface area contributed by atoms with Gasteiger partial charge in [-0.15, -0.1) is 0 Å². The summed E-state index contributed by atoms with van der Waals surface area (Å²) in [6.45, 7) is 3.92. The average molecular weight is 260 g/mol. The van der Waals surface area contributed by atoms with Crippen molar-refractivity contribution in [2.45, 2.75) is 25.5 Å². The first-order valence-corrected chi connectivity index (χ1v) is 6.51. The Kier molecular flexibility index (Phi) is 2.99. The van der Waals surface area contributed by atoms with E-state index in [1.54, 1.807) is 12.3 Å². The normalized spacial score (nSPS) is 24.2. The topological polar surface area (TPSA) is 36.4 Å². The molecule has 4 heteroatoms. The molecule has 1 N–H and O–H groups in total. The zero-order valence-electron chi connectivity index (χ0n) is 10.9. The summed E-state index contributed by atoms with van der Waals surface area (Å²) in [5, 5.41) is 10.8. The van der Waals surface area contributed by atoms with Crippen LogP contribution in [-0.4, -0.2) is 33.7 Å². The average Bonchev–Trinajstić information content (AvgIpc) is 2.68. The van der Waals surface area contributed by atoms with E-state index in [2.05, 4.69) is 9.88 Å². The smallest absolute Gasteiger partial charge is 0.124 e. The zero-order chi connectivity index (χ0) is 13.5. The van der Waals surface area contributed by atoms with E-state index in [-0.39, 0.29) is 5.82 Å². The Morgan fingerprint density at radius 3 is 3.05 bits per heavy atom. The van der Waals surface area contributed by atoms with Gasteiger partial charge in [0.2, 0.25) is 0 Å². The maximum Gasteiger partial charge on any atom is 0.124 e. The summed E-state index contributed by atoms with van der Waals surface area (Å²) < 4.78 is 13.6. The molecule has 2 aromatic rings. The number of likely N-dealkylation sites (tertiary alicyclic amines) is 1. The highest BCUT2D eigenvalue weighted by atomic mass is 19.1. The molecule has 0 saturated carbocycles. The second-order valence-corrected chi connectivity index (χ2v) is 5.60. The summed E-state index contributed by atoms with van der Waals surface area (Å²) in [4.78, 5) is 6.49. The lowest BCUT2D eigenvalue weighted by Gasteiger charge is -2.19. The van der Waals surface area contributed by atoms with Crippen molar-refractivity contribution < 1.29 is 9.50 Å². The van der Waals surface area contributed by atoms with Crippen LogP contribution in [0.2, 0.25) is 0 Å². The van der Waals surface area contributed by atoms with E-state index in [9.17, 15) is 9.50 Å². The lowest BCUT2D eigenvalue weighted by molar-refractivity contribution is 0.0679. The molecular weight excluding hydrogens is 243 g/mol. The van der Waals surface area contributed by atoms with Crippen molar-refractivity contribution >= 4 is 10.9 Å². The molecule has 1 aromatic carbocycles. The molecule has 0 aliphatic carbocycles. The maximum absolute atomic E-state index is 13.6. The number of rotatable bonds is 2. The molecule has 1 atom stereocenters. The number of fused-ring (bicyclic) bond motifs is 1.